The highest BCUT2D eigenvalue weighted by Crippen LogP contribution is 2.50. The summed E-state index contributed by atoms with van der Waals surface area (Å²) >= 11 is 0. The van der Waals surface area contributed by atoms with Crippen LogP contribution in [0.4, 0.5) is 0 Å². The summed E-state index contributed by atoms with van der Waals surface area (Å²) in [7, 11) is 0. The maximum atomic E-state index is 13.6. The van der Waals surface area contributed by atoms with Crippen LogP contribution in [0.3, 0.4) is 0 Å². The van der Waals surface area contributed by atoms with E-state index in [9.17, 15) is 9.90 Å². The summed E-state index contributed by atoms with van der Waals surface area (Å²) in [4.78, 5) is 13.6. The van der Waals surface area contributed by atoms with Crippen molar-refractivity contribution in [2.75, 3.05) is 6.54 Å². The van der Waals surface area contributed by atoms with Gasteiger partial charge < -0.3 is 15.2 Å². The molecule has 0 spiro atoms. The predicted molar refractivity (Wildman–Crippen MR) is 123 cm³/mol. The minimum Gasteiger partial charge on any atom is -0.457 e. The zero-order chi connectivity index (χ0) is 21.6. The molecular formula is C27H29NO3. The molecule has 0 aromatic heterocycles. The van der Waals surface area contributed by atoms with E-state index < -0.39 is 5.92 Å². The van der Waals surface area contributed by atoms with Crippen LogP contribution in [0.2, 0.25) is 0 Å². The number of rotatable bonds is 8. The SMILES string of the molecule is CCCC(O)CCNC(=O)C(c1ccccc1)C1c2ccccc2Oc2ccccc21. The number of amides is 1. The molecule has 2 N–H and O–H groups in total. The number of nitrogens with one attached hydrogen (secondary N) is 1. The Bertz CT molecular complexity index is 972. The van der Waals surface area contributed by atoms with Crippen LogP contribution >= 0.6 is 0 Å². The number of carbonyl (C=O) groups is 1. The third-order valence-corrected chi connectivity index (χ3v) is 5.90. The van der Waals surface area contributed by atoms with Gasteiger partial charge in [0.05, 0.1) is 12.0 Å². The Morgan fingerprint density at radius 3 is 2.10 bits per heavy atom. The van der Waals surface area contributed by atoms with Crippen LogP contribution in [-0.2, 0) is 4.79 Å². The van der Waals surface area contributed by atoms with Crippen molar-refractivity contribution < 1.29 is 14.6 Å². The number of carbonyl (C=O) groups excluding carboxylic acids is 1. The molecule has 3 aromatic rings. The van der Waals surface area contributed by atoms with Gasteiger partial charge in [0.1, 0.15) is 11.5 Å². The number of fused-ring (bicyclic) bond motifs is 2. The second-order valence-corrected chi connectivity index (χ2v) is 8.07. The zero-order valence-corrected chi connectivity index (χ0v) is 17.8. The highest BCUT2D eigenvalue weighted by atomic mass is 16.5. The van der Waals surface area contributed by atoms with Crippen molar-refractivity contribution in [3.8, 4) is 11.5 Å². The zero-order valence-electron chi connectivity index (χ0n) is 17.8. The Morgan fingerprint density at radius 2 is 1.48 bits per heavy atom. The van der Waals surface area contributed by atoms with Crippen LogP contribution in [0.25, 0.3) is 0 Å². The second-order valence-electron chi connectivity index (χ2n) is 8.07. The maximum Gasteiger partial charge on any atom is 0.228 e. The third kappa shape index (κ3) is 4.64. The number of hydrogen-bond donors (Lipinski definition) is 2. The quantitative estimate of drug-likeness (QED) is 0.520. The van der Waals surface area contributed by atoms with Gasteiger partial charge in [0.2, 0.25) is 5.91 Å². The summed E-state index contributed by atoms with van der Waals surface area (Å²) in [6.07, 6.45) is 1.85. The Morgan fingerprint density at radius 1 is 0.903 bits per heavy atom. The Kier molecular flexibility index (Phi) is 6.68. The standard InChI is InChI=1S/C27H29NO3/c1-2-10-20(29)17-18-28-27(30)25(19-11-4-3-5-12-19)26-21-13-6-8-15-23(21)31-24-16-9-7-14-22(24)26/h3-9,11-16,20,25-26,29H,2,10,17-18H2,1H3,(H,28,30). The molecule has 4 rings (SSSR count). The molecule has 1 amide bonds. The molecule has 1 aliphatic heterocycles. The molecule has 4 heteroatoms. The van der Waals surface area contributed by atoms with E-state index in [-0.39, 0.29) is 17.9 Å². The Hall–Kier alpha value is -3.11. The first-order valence-corrected chi connectivity index (χ1v) is 11.1. The molecule has 31 heavy (non-hydrogen) atoms. The summed E-state index contributed by atoms with van der Waals surface area (Å²) in [6.45, 7) is 2.50. The molecule has 0 fully saturated rings. The van der Waals surface area contributed by atoms with E-state index in [0.29, 0.717) is 13.0 Å². The molecule has 2 unspecified atom stereocenters. The van der Waals surface area contributed by atoms with Crippen LogP contribution in [0, 0.1) is 0 Å². The molecule has 160 valence electrons. The van der Waals surface area contributed by atoms with Gasteiger partial charge in [0.15, 0.2) is 0 Å². The van der Waals surface area contributed by atoms with Gasteiger partial charge in [-0.2, -0.15) is 0 Å². The van der Waals surface area contributed by atoms with Gasteiger partial charge in [-0.25, -0.2) is 0 Å². The van der Waals surface area contributed by atoms with Gasteiger partial charge in [-0.3, -0.25) is 4.79 Å². The van der Waals surface area contributed by atoms with Crippen molar-refractivity contribution in [2.24, 2.45) is 0 Å². The number of hydrogen-bond acceptors (Lipinski definition) is 3. The minimum absolute atomic E-state index is 0.0357. The summed E-state index contributed by atoms with van der Waals surface area (Å²) in [5, 5.41) is 13.1. The van der Waals surface area contributed by atoms with E-state index in [0.717, 1.165) is 41.0 Å². The number of aliphatic hydroxyl groups excluding tert-OH is 1. The van der Waals surface area contributed by atoms with Gasteiger partial charge in [0, 0.05) is 23.6 Å². The first kappa shape index (κ1) is 21.1. The Balaban J connectivity index is 1.70. The predicted octanol–water partition coefficient (Wildman–Crippen LogP) is 5.38. The van der Waals surface area contributed by atoms with E-state index in [1.54, 1.807) is 0 Å². The lowest BCUT2D eigenvalue weighted by Gasteiger charge is -2.33. The molecule has 0 aliphatic carbocycles. The van der Waals surface area contributed by atoms with Crippen molar-refractivity contribution >= 4 is 5.91 Å². The Labute approximate surface area is 183 Å². The monoisotopic (exact) mass is 415 g/mol. The van der Waals surface area contributed by atoms with Crippen molar-refractivity contribution in [1.29, 1.82) is 0 Å². The van der Waals surface area contributed by atoms with Crippen LogP contribution in [0.5, 0.6) is 11.5 Å². The summed E-state index contributed by atoms with van der Waals surface area (Å²) in [5.74, 6) is 0.975. The minimum atomic E-state index is -0.407. The lowest BCUT2D eigenvalue weighted by molar-refractivity contribution is -0.123. The molecule has 2 atom stereocenters. The lowest BCUT2D eigenvalue weighted by atomic mass is 9.75. The van der Waals surface area contributed by atoms with Gasteiger partial charge in [0.25, 0.3) is 0 Å². The fourth-order valence-corrected chi connectivity index (χ4v) is 4.41. The molecule has 0 bridgehead atoms. The van der Waals surface area contributed by atoms with E-state index in [4.69, 9.17) is 4.74 Å². The maximum absolute atomic E-state index is 13.6. The lowest BCUT2D eigenvalue weighted by Crippen LogP contribution is -2.35. The van der Waals surface area contributed by atoms with Crippen LogP contribution < -0.4 is 10.1 Å². The van der Waals surface area contributed by atoms with Gasteiger partial charge in [-0.1, -0.05) is 80.1 Å². The third-order valence-electron chi connectivity index (χ3n) is 5.90. The summed E-state index contributed by atoms with van der Waals surface area (Å²) < 4.78 is 6.15. The van der Waals surface area contributed by atoms with E-state index in [1.165, 1.54) is 0 Å². The van der Waals surface area contributed by atoms with Crippen LogP contribution in [-0.4, -0.2) is 23.7 Å². The number of aliphatic hydroxyl groups is 1. The fraction of sp³-hybridized carbons (Fsp3) is 0.296. The molecule has 4 nitrogen and oxygen atoms in total. The number of ether oxygens (including phenoxy) is 1. The average molecular weight is 416 g/mol. The van der Waals surface area contributed by atoms with Gasteiger partial charge in [-0.05, 0) is 30.5 Å². The molecule has 3 aromatic carbocycles. The highest BCUT2D eigenvalue weighted by molar-refractivity contribution is 5.86. The van der Waals surface area contributed by atoms with Crippen molar-refractivity contribution in [3.05, 3.63) is 95.6 Å². The molecule has 1 heterocycles. The van der Waals surface area contributed by atoms with Crippen LogP contribution in [0.1, 0.15) is 54.7 Å². The molecule has 0 saturated carbocycles. The van der Waals surface area contributed by atoms with Crippen molar-refractivity contribution in [3.63, 3.8) is 0 Å². The largest absolute Gasteiger partial charge is 0.457 e. The van der Waals surface area contributed by atoms with Crippen molar-refractivity contribution in [1.82, 2.24) is 5.32 Å². The number of benzene rings is 3. The molecule has 1 aliphatic rings. The molecule has 0 saturated heterocycles. The van der Waals surface area contributed by atoms with E-state index in [2.05, 4.69) is 5.32 Å². The molecule has 0 radical (unpaired) electrons. The van der Waals surface area contributed by atoms with Gasteiger partial charge in [-0.15, -0.1) is 0 Å². The average Bonchev–Trinajstić information content (AvgIpc) is 2.80. The van der Waals surface area contributed by atoms with Crippen LogP contribution in [0.15, 0.2) is 78.9 Å². The topological polar surface area (TPSA) is 58.6 Å². The van der Waals surface area contributed by atoms with Crippen molar-refractivity contribution in [2.45, 2.75) is 44.1 Å². The normalized spacial score (nSPS) is 14.6. The summed E-state index contributed by atoms with van der Waals surface area (Å²) in [6, 6.07) is 25.8. The first-order valence-electron chi connectivity index (χ1n) is 11.1. The fourth-order valence-electron chi connectivity index (χ4n) is 4.41. The molecular weight excluding hydrogens is 386 g/mol. The first-order chi connectivity index (χ1) is 15.2. The summed E-state index contributed by atoms with van der Waals surface area (Å²) in [5.41, 5.74) is 2.98. The van der Waals surface area contributed by atoms with E-state index in [1.807, 2.05) is 85.8 Å². The number of para-hydroxylation sites is 2. The van der Waals surface area contributed by atoms with Gasteiger partial charge >= 0.3 is 0 Å². The van der Waals surface area contributed by atoms with E-state index >= 15 is 0 Å². The smallest absolute Gasteiger partial charge is 0.228 e. The highest BCUT2D eigenvalue weighted by Gasteiger charge is 2.38. The second kappa shape index (κ2) is 9.80.